The molecule has 0 saturated heterocycles. The van der Waals surface area contributed by atoms with Gasteiger partial charge in [0.2, 0.25) is 0 Å². The van der Waals surface area contributed by atoms with Crippen LogP contribution in [0.15, 0.2) is 11.6 Å². The molecule has 2 N–H and O–H groups in total. The molecule has 0 aromatic rings. The lowest BCUT2D eigenvalue weighted by Gasteiger charge is -2.27. The molecule has 1 aliphatic rings. The van der Waals surface area contributed by atoms with E-state index in [1.807, 2.05) is 13.0 Å². The normalized spacial score (nSPS) is 35.8. The van der Waals surface area contributed by atoms with E-state index in [2.05, 4.69) is 0 Å². The van der Waals surface area contributed by atoms with E-state index in [0.29, 0.717) is 6.42 Å². The van der Waals surface area contributed by atoms with Gasteiger partial charge in [-0.05, 0) is 32.3 Å². The topological polar surface area (TPSA) is 40.5 Å². The maximum atomic E-state index is 9.72. The molecule has 58 valence electrons. The average Bonchev–Trinajstić information content (AvgIpc) is 2.15. The van der Waals surface area contributed by atoms with E-state index in [0.717, 1.165) is 12.0 Å². The van der Waals surface area contributed by atoms with Gasteiger partial charge in [0.05, 0.1) is 6.10 Å². The van der Waals surface area contributed by atoms with Crippen LogP contribution in [-0.4, -0.2) is 21.9 Å². The highest BCUT2D eigenvalue weighted by Gasteiger charge is 2.36. The average molecular weight is 142 g/mol. The molecule has 0 saturated carbocycles. The minimum absolute atomic E-state index is 0.647. The maximum Gasteiger partial charge on any atom is 0.111 e. The van der Waals surface area contributed by atoms with Gasteiger partial charge in [0, 0.05) is 0 Å². The monoisotopic (exact) mass is 142 g/mol. The minimum atomic E-state index is -0.931. The van der Waals surface area contributed by atoms with Gasteiger partial charge in [0.25, 0.3) is 0 Å². The Bertz CT molecular complexity index is 161. The summed E-state index contributed by atoms with van der Waals surface area (Å²) in [6, 6.07) is 0. The van der Waals surface area contributed by atoms with E-state index in [-0.39, 0.29) is 0 Å². The summed E-state index contributed by atoms with van der Waals surface area (Å²) in [7, 11) is 0. The zero-order valence-electron chi connectivity index (χ0n) is 6.46. The van der Waals surface area contributed by atoms with Gasteiger partial charge < -0.3 is 10.2 Å². The first-order chi connectivity index (χ1) is 4.57. The first kappa shape index (κ1) is 7.76. The Morgan fingerprint density at radius 1 is 1.70 bits per heavy atom. The molecular weight excluding hydrogens is 128 g/mol. The number of hydrogen-bond acceptors (Lipinski definition) is 2. The van der Waals surface area contributed by atoms with E-state index >= 15 is 0 Å². The molecule has 0 radical (unpaired) electrons. The lowest BCUT2D eigenvalue weighted by Crippen LogP contribution is -2.39. The zero-order chi connectivity index (χ0) is 7.78. The van der Waals surface area contributed by atoms with Crippen LogP contribution in [0.5, 0.6) is 0 Å². The van der Waals surface area contributed by atoms with Crippen LogP contribution in [0.4, 0.5) is 0 Å². The molecule has 0 bridgehead atoms. The summed E-state index contributed by atoms with van der Waals surface area (Å²) in [6.07, 6.45) is 2.88. The molecule has 10 heavy (non-hydrogen) atoms. The van der Waals surface area contributed by atoms with Crippen molar-refractivity contribution in [3.63, 3.8) is 0 Å². The summed E-state index contributed by atoms with van der Waals surface area (Å²) in [5.74, 6) is 0. The Labute approximate surface area is 61.2 Å². The largest absolute Gasteiger partial charge is 0.390 e. The van der Waals surface area contributed by atoms with Crippen molar-refractivity contribution in [3.8, 4) is 0 Å². The molecule has 0 aromatic heterocycles. The molecule has 0 aliphatic heterocycles. The summed E-state index contributed by atoms with van der Waals surface area (Å²) in [5, 5.41) is 18.9. The van der Waals surface area contributed by atoms with Crippen LogP contribution in [0.3, 0.4) is 0 Å². The second kappa shape index (κ2) is 2.36. The minimum Gasteiger partial charge on any atom is -0.390 e. The third kappa shape index (κ3) is 0.976. The molecule has 2 heteroatoms. The second-order valence-corrected chi connectivity index (χ2v) is 3.03. The molecule has 0 amide bonds. The van der Waals surface area contributed by atoms with Gasteiger partial charge in [-0.1, -0.05) is 6.08 Å². The first-order valence-electron chi connectivity index (χ1n) is 3.65. The molecule has 0 fully saturated rings. The zero-order valence-corrected chi connectivity index (χ0v) is 6.46. The van der Waals surface area contributed by atoms with Crippen LogP contribution in [-0.2, 0) is 0 Å². The van der Waals surface area contributed by atoms with Gasteiger partial charge in [-0.2, -0.15) is 0 Å². The van der Waals surface area contributed by atoms with Gasteiger partial charge in [-0.25, -0.2) is 0 Å². The summed E-state index contributed by atoms with van der Waals surface area (Å²) in [6.45, 7) is 3.49. The summed E-state index contributed by atoms with van der Waals surface area (Å²) >= 11 is 0. The molecule has 1 aliphatic carbocycles. The van der Waals surface area contributed by atoms with Crippen LogP contribution in [0, 0.1) is 0 Å². The van der Waals surface area contributed by atoms with E-state index in [9.17, 15) is 10.2 Å². The van der Waals surface area contributed by atoms with Gasteiger partial charge in [-0.3, -0.25) is 0 Å². The van der Waals surface area contributed by atoms with Gasteiger partial charge in [0.1, 0.15) is 5.60 Å². The van der Waals surface area contributed by atoms with Crippen molar-refractivity contribution in [2.75, 3.05) is 0 Å². The predicted octanol–water partition coefficient (Wildman–Crippen LogP) is 0.838. The predicted molar refractivity (Wildman–Crippen MR) is 39.6 cm³/mol. The summed E-state index contributed by atoms with van der Waals surface area (Å²) in [5.41, 5.74) is -0.0255. The maximum absolute atomic E-state index is 9.72. The van der Waals surface area contributed by atoms with Crippen molar-refractivity contribution in [2.24, 2.45) is 0 Å². The smallest absolute Gasteiger partial charge is 0.111 e. The van der Waals surface area contributed by atoms with E-state index in [4.69, 9.17) is 0 Å². The Kier molecular flexibility index (Phi) is 1.84. The number of allylic oxidation sites excluding steroid dienone is 1. The highest BCUT2D eigenvalue weighted by molar-refractivity contribution is 5.21. The van der Waals surface area contributed by atoms with Gasteiger partial charge in [-0.15, -0.1) is 0 Å². The number of aliphatic hydroxyl groups is 2. The summed E-state index contributed by atoms with van der Waals surface area (Å²) in [4.78, 5) is 0. The fraction of sp³-hybridized carbons (Fsp3) is 0.750. The van der Waals surface area contributed by atoms with E-state index < -0.39 is 11.7 Å². The lowest BCUT2D eigenvalue weighted by atomic mass is 9.91. The molecular formula is C8H14O2. The Hall–Kier alpha value is -0.340. The molecule has 1 rings (SSSR count). The highest BCUT2D eigenvalue weighted by Crippen LogP contribution is 2.32. The van der Waals surface area contributed by atoms with Crippen LogP contribution in [0.25, 0.3) is 0 Å². The van der Waals surface area contributed by atoms with Crippen molar-refractivity contribution >= 4 is 0 Å². The molecule has 0 aromatic carbocycles. The van der Waals surface area contributed by atoms with Gasteiger partial charge >= 0.3 is 0 Å². The lowest BCUT2D eigenvalue weighted by molar-refractivity contribution is -0.0366. The van der Waals surface area contributed by atoms with Crippen molar-refractivity contribution < 1.29 is 10.2 Å². The quantitative estimate of drug-likeness (QED) is 0.532. The SMILES string of the molecule is CC1=CCCC1(O)C(C)O. The number of rotatable bonds is 1. The van der Waals surface area contributed by atoms with E-state index in [1.54, 1.807) is 6.92 Å². The van der Waals surface area contributed by atoms with Crippen LogP contribution in [0.2, 0.25) is 0 Å². The Morgan fingerprint density at radius 2 is 2.30 bits per heavy atom. The van der Waals surface area contributed by atoms with Gasteiger partial charge in [0.15, 0.2) is 0 Å². The first-order valence-corrected chi connectivity index (χ1v) is 3.65. The Balaban J connectivity index is 2.78. The van der Waals surface area contributed by atoms with Crippen molar-refractivity contribution in [2.45, 2.75) is 38.4 Å². The molecule has 2 nitrogen and oxygen atoms in total. The van der Waals surface area contributed by atoms with Crippen molar-refractivity contribution in [3.05, 3.63) is 11.6 Å². The second-order valence-electron chi connectivity index (χ2n) is 3.03. The molecule has 0 spiro atoms. The Morgan fingerprint density at radius 3 is 2.50 bits per heavy atom. The molecule has 0 heterocycles. The third-order valence-electron chi connectivity index (χ3n) is 2.35. The van der Waals surface area contributed by atoms with E-state index in [1.165, 1.54) is 0 Å². The number of aliphatic hydroxyl groups excluding tert-OH is 1. The standard InChI is InChI=1S/C8H14O2/c1-6-4-3-5-8(6,10)7(2)9/h4,7,9-10H,3,5H2,1-2H3. The van der Waals surface area contributed by atoms with Crippen LogP contribution < -0.4 is 0 Å². The highest BCUT2D eigenvalue weighted by atomic mass is 16.3. The van der Waals surface area contributed by atoms with Crippen LogP contribution in [0.1, 0.15) is 26.7 Å². The van der Waals surface area contributed by atoms with Crippen LogP contribution >= 0.6 is 0 Å². The fourth-order valence-electron chi connectivity index (χ4n) is 1.42. The third-order valence-corrected chi connectivity index (χ3v) is 2.35. The van der Waals surface area contributed by atoms with Crippen molar-refractivity contribution in [1.29, 1.82) is 0 Å². The molecule has 2 unspecified atom stereocenters. The number of hydrogen-bond donors (Lipinski definition) is 2. The summed E-state index contributed by atoms with van der Waals surface area (Å²) < 4.78 is 0. The molecule has 2 atom stereocenters. The van der Waals surface area contributed by atoms with Crippen molar-refractivity contribution in [1.82, 2.24) is 0 Å². The fourth-order valence-corrected chi connectivity index (χ4v) is 1.42.